The highest BCUT2D eigenvalue weighted by molar-refractivity contribution is 5.77. The molecular formula is C31H44N2O2. The van der Waals surface area contributed by atoms with E-state index < -0.39 is 0 Å². The molecule has 1 saturated heterocycles. The van der Waals surface area contributed by atoms with Crippen LogP contribution in [0.25, 0.3) is 17.2 Å². The first-order valence-corrected chi connectivity index (χ1v) is 13.7. The fourth-order valence-corrected chi connectivity index (χ4v) is 5.20. The summed E-state index contributed by atoms with van der Waals surface area (Å²) in [6.07, 6.45) is 9.73. The van der Waals surface area contributed by atoms with Crippen molar-refractivity contribution < 1.29 is 9.47 Å². The number of piperidine rings is 1. The molecule has 190 valence electrons. The molecule has 0 spiro atoms. The summed E-state index contributed by atoms with van der Waals surface area (Å²) >= 11 is 0. The van der Waals surface area contributed by atoms with E-state index in [4.69, 9.17) is 9.47 Å². The van der Waals surface area contributed by atoms with Crippen molar-refractivity contribution in [2.75, 3.05) is 57.9 Å². The lowest BCUT2D eigenvalue weighted by Crippen LogP contribution is -2.38. The zero-order valence-corrected chi connectivity index (χ0v) is 22.1. The van der Waals surface area contributed by atoms with Crippen LogP contribution in [0.3, 0.4) is 0 Å². The molecule has 2 aromatic carbocycles. The Labute approximate surface area is 212 Å². The largest absolute Gasteiger partial charge is 0.491 e. The van der Waals surface area contributed by atoms with Gasteiger partial charge in [0.25, 0.3) is 0 Å². The first-order valence-electron chi connectivity index (χ1n) is 13.7. The van der Waals surface area contributed by atoms with E-state index in [1.165, 1.54) is 73.3 Å². The molecular weight excluding hydrogens is 432 g/mol. The quantitative estimate of drug-likeness (QED) is 0.348. The third kappa shape index (κ3) is 7.59. The summed E-state index contributed by atoms with van der Waals surface area (Å²) in [6.45, 7) is 11.3. The summed E-state index contributed by atoms with van der Waals surface area (Å²) in [7, 11) is 2.25. The normalized spacial score (nSPS) is 18.9. The number of anilines is 1. The van der Waals surface area contributed by atoms with Crippen molar-refractivity contribution >= 4 is 11.8 Å². The fraction of sp³-hybridized carbons (Fsp3) is 0.548. The average Bonchev–Trinajstić information content (AvgIpc) is 2.86. The van der Waals surface area contributed by atoms with Crippen LogP contribution in [0.5, 0.6) is 5.75 Å². The second kappa shape index (κ2) is 13.1. The van der Waals surface area contributed by atoms with E-state index in [0.717, 1.165) is 37.7 Å². The monoisotopic (exact) mass is 476 g/mol. The maximum atomic E-state index is 5.86. The van der Waals surface area contributed by atoms with Crippen LogP contribution in [0, 0.1) is 5.92 Å². The van der Waals surface area contributed by atoms with Crippen LogP contribution in [-0.2, 0) is 4.74 Å². The number of nitrogens with zero attached hydrogens (tertiary/aromatic N) is 2. The summed E-state index contributed by atoms with van der Waals surface area (Å²) in [5, 5.41) is 0. The van der Waals surface area contributed by atoms with Crippen LogP contribution in [0.15, 0.2) is 48.0 Å². The number of allylic oxidation sites excluding steroid dienone is 1. The minimum absolute atomic E-state index is 0.596. The Morgan fingerprint density at radius 1 is 0.914 bits per heavy atom. The predicted octanol–water partition coefficient (Wildman–Crippen LogP) is 6.89. The van der Waals surface area contributed by atoms with Gasteiger partial charge < -0.3 is 19.3 Å². The van der Waals surface area contributed by atoms with Crippen molar-refractivity contribution in [2.45, 2.75) is 52.4 Å². The number of benzene rings is 2. The maximum absolute atomic E-state index is 5.86. The third-order valence-corrected chi connectivity index (χ3v) is 7.41. The molecule has 4 heteroatoms. The molecule has 0 aliphatic carbocycles. The standard InChI is InChI=1S/C31H44N2O2/c1-4-5-19-34-20-21-35-30-11-8-27(9-12-30)28-10-13-31-29(23-28)22-25(2)7-6-16-33(31)24-26-14-17-32(3)18-15-26/h8-13,22-23,26H,4-7,14-21,24H2,1-3H3/b25-22-. The Hall–Kier alpha value is -2.30. The minimum atomic E-state index is 0.596. The molecule has 1 fully saturated rings. The summed E-state index contributed by atoms with van der Waals surface area (Å²) in [4.78, 5) is 5.13. The van der Waals surface area contributed by atoms with Crippen molar-refractivity contribution in [3.8, 4) is 16.9 Å². The van der Waals surface area contributed by atoms with Crippen molar-refractivity contribution in [3.63, 3.8) is 0 Å². The van der Waals surface area contributed by atoms with Gasteiger partial charge >= 0.3 is 0 Å². The smallest absolute Gasteiger partial charge is 0.119 e. The van der Waals surface area contributed by atoms with Gasteiger partial charge in [-0.05, 0) is 106 Å². The molecule has 0 atom stereocenters. The van der Waals surface area contributed by atoms with E-state index >= 15 is 0 Å². The first-order chi connectivity index (χ1) is 17.1. The van der Waals surface area contributed by atoms with Gasteiger partial charge in [0.05, 0.1) is 6.61 Å². The molecule has 35 heavy (non-hydrogen) atoms. The highest BCUT2D eigenvalue weighted by Gasteiger charge is 2.22. The topological polar surface area (TPSA) is 24.9 Å². The van der Waals surface area contributed by atoms with Crippen LogP contribution in [0.1, 0.15) is 57.9 Å². The molecule has 0 N–H and O–H groups in total. The molecule has 0 unspecified atom stereocenters. The van der Waals surface area contributed by atoms with Gasteiger partial charge in [0.2, 0.25) is 0 Å². The zero-order chi connectivity index (χ0) is 24.5. The Bertz CT molecular complexity index is 945. The minimum Gasteiger partial charge on any atom is -0.491 e. The summed E-state index contributed by atoms with van der Waals surface area (Å²) < 4.78 is 11.5. The second-order valence-electron chi connectivity index (χ2n) is 10.4. The number of unbranched alkanes of at least 4 members (excludes halogenated alkanes) is 1. The van der Waals surface area contributed by atoms with Crippen LogP contribution in [0.2, 0.25) is 0 Å². The molecule has 2 aliphatic rings. The van der Waals surface area contributed by atoms with E-state index in [9.17, 15) is 0 Å². The van der Waals surface area contributed by atoms with E-state index in [0.29, 0.717) is 13.2 Å². The second-order valence-corrected chi connectivity index (χ2v) is 10.4. The van der Waals surface area contributed by atoms with Gasteiger partial charge in [-0.15, -0.1) is 0 Å². The van der Waals surface area contributed by atoms with Gasteiger partial charge in [-0.3, -0.25) is 0 Å². The zero-order valence-electron chi connectivity index (χ0n) is 22.1. The Morgan fingerprint density at radius 2 is 1.69 bits per heavy atom. The molecule has 0 bridgehead atoms. The predicted molar refractivity (Wildman–Crippen MR) is 148 cm³/mol. The number of hydrogen-bond acceptors (Lipinski definition) is 4. The van der Waals surface area contributed by atoms with Crippen molar-refractivity contribution in [1.82, 2.24) is 4.90 Å². The summed E-state index contributed by atoms with van der Waals surface area (Å²) in [5.41, 5.74) is 6.73. The lowest BCUT2D eigenvalue weighted by molar-refractivity contribution is 0.0981. The first kappa shape index (κ1) is 25.8. The lowest BCUT2D eigenvalue weighted by Gasteiger charge is -2.35. The van der Waals surface area contributed by atoms with Crippen molar-refractivity contribution in [3.05, 3.63) is 53.6 Å². The number of likely N-dealkylation sites (tertiary alicyclic amines) is 1. The van der Waals surface area contributed by atoms with Crippen LogP contribution in [0.4, 0.5) is 5.69 Å². The van der Waals surface area contributed by atoms with Gasteiger partial charge in [0, 0.05) is 25.4 Å². The number of fused-ring (bicyclic) bond motifs is 1. The summed E-state index contributed by atoms with van der Waals surface area (Å²) in [6, 6.07) is 15.5. The Balaban J connectivity index is 1.44. The molecule has 0 saturated carbocycles. The molecule has 2 aliphatic heterocycles. The highest BCUT2D eigenvalue weighted by atomic mass is 16.5. The van der Waals surface area contributed by atoms with Gasteiger partial charge in [0.1, 0.15) is 12.4 Å². The van der Waals surface area contributed by atoms with E-state index in [-0.39, 0.29) is 0 Å². The maximum Gasteiger partial charge on any atom is 0.119 e. The molecule has 4 rings (SSSR count). The van der Waals surface area contributed by atoms with E-state index in [1.807, 2.05) is 0 Å². The fourth-order valence-electron chi connectivity index (χ4n) is 5.20. The Morgan fingerprint density at radius 3 is 2.46 bits per heavy atom. The SMILES string of the molecule is CCCCOCCOc1ccc(-c2ccc3c(c2)/C=C(/C)CCCN3CC2CCN(C)CC2)cc1. The van der Waals surface area contributed by atoms with Gasteiger partial charge in [-0.25, -0.2) is 0 Å². The lowest BCUT2D eigenvalue weighted by atomic mass is 9.94. The van der Waals surface area contributed by atoms with Gasteiger partial charge in [-0.1, -0.05) is 43.2 Å². The van der Waals surface area contributed by atoms with Gasteiger partial charge in [0.15, 0.2) is 0 Å². The molecule has 0 radical (unpaired) electrons. The molecule has 2 aromatic rings. The number of rotatable bonds is 10. The molecule has 4 nitrogen and oxygen atoms in total. The molecule has 0 amide bonds. The van der Waals surface area contributed by atoms with Crippen molar-refractivity contribution in [2.24, 2.45) is 5.92 Å². The van der Waals surface area contributed by atoms with Gasteiger partial charge in [-0.2, -0.15) is 0 Å². The van der Waals surface area contributed by atoms with E-state index in [2.05, 4.69) is 79.2 Å². The van der Waals surface area contributed by atoms with E-state index in [1.54, 1.807) is 0 Å². The molecule has 0 aromatic heterocycles. The van der Waals surface area contributed by atoms with Crippen LogP contribution < -0.4 is 9.64 Å². The van der Waals surface area contributed by atoms with Crippen LogP contribution >= 0.6 is 0 Å². The highest BCUT2D eigenvalue weighted by Crippen LogP contribution is 2.33. The number of ether oxygens (including phenoxy) is 2. The molecule has 2 heterocycles. The summed E-state index contributed by atoms with van der Waals surface area (Å²) in [5.74, 6) is 1.70. The third-order valence-electron chi connectivity index (χ3n) is 7.41. The Kier molecular flexibility index (Phi) is 9.67. The van der Waals surface area contributed by atoms with Crippen LogP contribution in [-0.4, -0.2) is 57.9 Å². The number of hydrogen-bond donors (Lipinski definition) is 0. The van der Waals surface area contributed by atoms with Crippen molar-refractivity contribution in [1.29, 1.82) is 0 Å². The average molecular weight is 477 g/mol.